The fraction of sp³-hybridized carbons (Fsp3) is 0. The first-order valence-electron chi connectivity index (χ1n) is 4.06. The summed E-state index contributed by atoms with van der Waals surface area (Å²) in [5, 5.41) is 0.324. The van der Waals surface area contributed by atoms with E-state index in [2.05, 4.69) is 0 Å². The first-order chi connectivity index (χ1) is 6.74. The highest BCUT2D eigenvalue weighted by Gasteiger charge is 2.10. The molecule has 3 heteroatoms. The predicted molar refractivity (Wildman–Crippen MR) is 49.3 cm³/mol. The van der Waals surface area contributed by atoms with Gasteiger partial charge in [0.15, 0.2) is 6.29 Å². The molecule has 1 nitrogen and oxygen atoms in total. The van der Waals surface area contributed by atoms with E-state index in [1.165, 1.54) is 12.1 Å². The van der Waals surface area contributed by atoms with Crippen LogP contribution in [0.1, 0.15) is 10.4 Å². The molecule has 0 bridgehead atoms. The van der Waals surface area contributed by atoms with Gasteiger partial charge in [-0.05, 0) is 6.07 Å². The maximum atomic E-state index is 13.5. The smallest absolute Gasteiger partial charge is 0.153 e. The Hall–Kier alpha value is -1.77. The van der Waals surface area contributed by atoms with Crippen LogP contribution in [0.2, 0.25) is 0 Å². The van der Waals surface area contributed by atoms with Crippen molar-refractivity contribution in [3.8, 4) is 0 Å². The summed E-state index contributed by atoms with van der Waals surface area (Å²) >= 11 is 0. The molecule has 0 fully saturated rings. The maximum Gasteiger partial charge on any atom is 0.153 e. The van der Waals surface area contributed by atoms with Crippen molar-refractivity contribution in [3.05, 3.63) is 47.5 Å². The SMILES string of the molecule is O=Cc1cc(F)c2ccccc2c1F. The van der Waals surface area contributed by atoms with Crippen molar-refractivity contribution in [2.24, 2.45) is 0 Å². The summed E-state index contributed by atoms with van der Waals surface area (Å²) < 4.78 is 26.7. The highest BCUT2D eigenvalue weighted by molar-refractivity contribution is 5.90. The molecule has 2 aromatic carbocycles. The molecular weight excluding hydrogens is 186 g/mol. The lowest BCUT2D eigenvalue weighted by Gasteiger charge is -2.02. The summed E-state index contributed by atoms with van der Waals surface area (Å²) in [5.41, 5.74) is -0.249. The van der Waals surface area contributed by atoms with Gasteiger partial charge in [0, 0.05) is 10.8 Å². The molecule has 0 N–H and O–H groups in total. The van der Waals surface area contributed by atoms with E-state index < -0.39 is 11.6 Å². The number of carbonyl (C=O) groups excluding carboxylic acids is 1. The second-order valence-electron chi connectivity index (χ2n) is 2.93. The average Bonchev–Trinajstić information content (AvgIpc) is 2.23. The number of carbonyl (C=O) groups is 1. The lowest BCUT2D eigenvalue weighted by molar-refractivity contribution is 0.111. The maximum absolute atomic E-state index is 13.5. The molecule has 0 amide bonds. The number of halogens is 2. The zero-order valence-electron chi connectivity index (χ0n) is 7.13. The monoisotopic (exact) mass is 192 g/mol. The second kappa shape index (κ2) is 3.18. The molecule has 0 heterocycles. The van der Waals surface area contributed by atoms with Gasteiger partial charge in [-0.25, -0.2) is 8.78 Å². The zero-order chi connectivity index (χ0) is 10.1. The molecule has 0 aromatic heterocycles. The van der Waals surface area contributed by atoms with Crippen molar-refractivity contribution in [1.29, 1.82) is 0 Å². The molecule has 0 radical (unpaired) electrons. The third-order valence-electron chi connectivity index (χ3n) is 2.08. The van der Waals surface area contributed by atoms with Crippen molar-refractivity contribution >= 4 is 17.1 Å². The minimum atomic E-state index is -0.669. The Morgan fingerprint density at radius 3 is 2.36 bits per heavy atom. The predicted octanol–water partition coefficient (Wildman–Crippen LogP) is 2.93. The molecule has 0 saturated carbocycles. The van der Waals surface area contributed by atoms with Crippen LogP contribution in [-0.4, -0.2) is 6.29 Å². The average molecular weight is 192 g/mol. The zero-order valence-corrected chi connectivity index (χ0v) is 7.13. The molecular formula is C11H6F2O. The molecule has 0 aliphatic rings. The Morgan fingerprint density at radius 2 is 1.71 bits per heavy atom. The van der Waals surface area contributed by atoms with Crippen LogP contribution in [-0.2, 0) is 0 Å². The van der Waals surface area contributed by atoms with E-state index in [1.807, 2.05) is 0 Å². The van der Waals surface area contributed by atoms with Gasteiger partial charge in [0.25, 0.3) is 0 Å². The molecule has 2 aromatic rings. The Labute approximate surface area is 79.0 Å². The van der Waals surface area contributed by atoms with E-state index >= 15 is 0 Å². The fourth-order valence-electron chi connectivity index (χ4n) is 1.40. The minimum absolute atomic E-state index is 0.134. The molecule has 0 atom stereocenters. The van der Waals surface area contributed by atoms with Crippen molar-refractivity contribution in [1.82, 2.24) is 0 Å². The largest absolute Gasteiger partial charge is 0.298 e. The van der Waals surface area contributed by atoms with E-state index in [4.69, 9.17) is 0 Å². The highest BCUT2D eigenvalue weighted by Crippen LogP contribution is 2.22. The summed E-state index contributed by atoms with van der Waals surface area (Å²) in [4.78, 5) is 10.4. The van der Waals surface area contributed by atoms with E-state index in [9.17, 15) is 13.6 Å². The molecule has 0 aliphatic heterocycles. The topological polar surface area (TPSA) is 17.1 Å². The number of hydrogen-bond acceptors (Lipinski definition) is 1. The van der Waals surface area contributed by atoms with Crippen LogP contribution in [0.5, 0.6) is 0 Å². The lowest BCUT2D eigenvalue weighted by Crippen LogP contribution is -1.92. The highest BCUT2D eigenvalue weighted by atomic mass is 19.1. The van der Waals surface area contributed by atoms with Gasteiger partial charge >= 0.3 is 0 Å². The normalized spacial score (nSPS) is 10.4. The van der Waals surface area contributed by atoms with Gasteiger partial charge < -0.3 is 0 Å². The van der Waals surface area contributed by atoms with Crippen molar-refractivity contribution in [2.75, 3.05) is 0 Å². The van der Waals surface area contributed by atoms with Crippen molar-refractivity contribution in [2.45, 2.75) is 0 Å². The van der Waals surface area contributed by atoms with Crippen molar-refractivity contribution < 1.29 is 13.6 Å². The van der Waals surface area contributed by atoms with Crippen LogP contribution in [0.4, 0.5) is 8.78 Å². The first kappa shape index (κ1) is 8.81. The van der Waals surface area contributed by atoms with E-state index in [-0.39, 0.29) is 16.3 Å². The summed E-state index contributed by atoms with van der Waals surface area (Å²) in [6.07, 6.45) is 0.310. The van der Waals surface area contributed by atoms with Gasteiger partial charge in [0.2, 0.25) is 0 Å². The van der Waals surface area contributed by atoms with Crippen molar-refractivity contribution in [3.63, 3.8) is 0 Å². The Kier molecular flexibility index (Phi) is 2.00. The van der Waals surface area contributed by atoms with E-state index in [1.54, 1.807) is 12.1 Å². The Morgan fingerprint density at radius 1 is 1.07 bits per heavy atom. The van der Waals surface area contributed by atoms with Gasteiger partial charge in [-0.1, -0.05) is 24.3 Å². The third-order valence-corrected chi connectivity index (χ3v) is 2.08. The van der Waals surface area contributed by atoms with Crippen LogP contribution in [0.15, 0.2) is 30.3 Å². The number of hydrogen-bond donors (Lipinski definition) is 0. The summed E-state index contributed by atoms with van der Waals surface area (Å²) in [6.45, 7) is 0. The van der Waals surface area contributed by atoms with Crippen LogP contribution >= 0.6 is 0 Å². The van der Waals surface area contributed by atoms with Gasteiger partial charge in [0.1, 0.15) is 11.6 Å². The Bertz CT molecular complexity index is 506. The molecule has 0 spiro atoms. The molecule has 0 unspecified atom stereocenters. The van der Waals surface area contributed by atoms with Crippen LogP contribution < -0.4 is 0 Å². The standard InChI is InChI=1S/C11H6F2O/c12-10-5-7(6-14)11(13)9-4-2-1-3-8(9)10/h1-6H. The summed E-state index contributed by atoms with van der Waals surface area (Å²) in [7, 11) is 0. The lowest BCUT2D eigenvalue weighted by atomic mass is 10.1. The van der Waals surface area contributed by atoms with Gasteiger partial charge in [0.05, 0.1) is 5.56 Å². The van der Waals surface area contributed by atoms with E-state index in [0.29, 0.717) is 6.29 Å². The van der Waals surface area contributed by atoms with Gasteiger partial charge in [-0.2, -0.15) is 0 Å². The molecule has 70 valence electrons. The number of benzene rings is 2. The first-order valence-corrected chi connectivity index (χ1v) is 4.06. The third kappa shape index (κ3) is 1.18. The van der Waals surface area contributed by atoms with Crippen LogP contribution in [0.25, 0.3) is 10.8 Å². The molecule has 0 saturated heterocycles. The Balaban J connectivity index is 2.94. The molecule has 14 heavy (non-hydrogen) atoms. The fourth-order valence-corrected chi connectivity index (χ4v) is 1.40. The number of rotatable bonds is 1. The summed E-state index contributed by atoms with van der Waals surface area (Å²) in [6, 6.07) is 7.04. The summed E-state index contributed by atoms with van der Waals surface area (Å²) in [5.74, 6) is -1.25. The van der Waals surface area contributed by atoms with E-state index in [0.717, 1.165) is 6.07 Å². The number of aldehydes is 1. The molecule has 2 rings (SSSR count). The van der Waals surface area contributed by atoms with Gasteiger partial charge in [-0.15, -0.1) is 0 Å². The van der Waals surface area contributed by atoms with Crippen LogP contribution in [0.3, 0.4) is 0 Å². The quantitative estimate of drug-likeness (QED) is 0.635. The number of fused-ring (bicyclic) bond motifs is 1. The second-order valence-corrected chi connectivity index (χ2v) is 2.93. The molecule has 0 aliphatic carbocycles. The van der Waals surface area contributed by atoms with Gasteiger partial charge in [-0.3, -0.25) is 4.79 Å². The van der Waals surface area contributed by atoms with Crippen LogP contribution in [0, 0.1) is 11.6 Å². The minimum Gasteiger partial charge on any atom is -0.298 e.